The first-order valence-corrected chi connectivity index (χ1v) is 6.54. The van der Waals surface area contributed by atoms with Gasteiger partial charge in [0, 0.05) is 12.4 Å². The second-order valence-electron chi connectivity index (χ2n) is 4.88. The molecule has 4 aromatic heterocycles. The lowest BCUT2D eigenvalue weighted by molar-refractivity contribution is 1.20. The fourth-order valence-electron chi connectivity index (χ4n) is 2.89. The maximum Gasteiger partial charge on any atom is 0.137 e. The Bertz CT molecular complexity index is 1010. The van der Waals surface area contributed by atoms with Crippen molar-refractivity contribution in [1.29, 1.82) is 0 Å². The smallest absolute Gasteiger partial charge is 0.137 e. The standard InChI is InChI=1S/C16H10N4/c1-3-9-19-13(5-1)17-11-7-8-12-16(15(11)19)20-10-4-2-6-14(20)18-12/h1-10H. The molecule has 0 spiro atoms. The molecule has 0 saturated heterocycles. The van der Waals surface area contributed by atoms with Gasteiger partial charge in [0.25, 0.3) is 0 Å². The Morgan fingerprint density at radius 2 is 1.10 bits per heavy atom. The molecule has 0 radical (unpaired) electrons. The predicted octanol–water partition coefficient (Wildman–Crippen LogP) is 3.29. The van der Waals surface area contributed by atoms with Gasteiger partial charge in [-0.1, -0.05) is 12.1 Å². The SMILES string of the molecule is c1ccn2c(c1)nc1ccc3nc4ccccn4c3c12. The number of rotatable bonds is 0. The summed E-state index contributed by atoms with van der Waals surface area (Å²) in [4.78, 5) is 9.35. The molecular formula is C16H10N4. The third-order valence-corrected chi connectivity index (χ3v) is 3.74. The van der Waals surface area contributed by atoms with Gasteiger partial charge in [-0.2, -0.15) is 0 Å². The van der Waals surface area contributed by atoms with Gasteiger partial charge in [0.1, 0.15) is 11.3 Å². The van der Waals surface area contributed by atoms with E-state index in [1.807, 2.05) is 60.9 Å². The van der Waals surface area contributed by atoms with E-state index < -0.39 is 0 Å². The molecule has 5 rings (SSSR count). The summed E-state index contributed by atoms with van der Waals surface area (Å²) in [6.45, 7) is 0. The van der Waals surface area contributed by atoms with Crippen molar-refractivity contribution in [2.45, 2.75) is 0 Å². The summed E-state index contributed by atoms with van der Waals surface area (Å²) in [7, 11) is 0. The highest BCUT2D eigenvalue weighted by Crippen LogP contribution is 2.26. The van der Waals surface area contributed by atoms with Crippen LogP contribution in [0, 0.1) is 0 Å². The van der Waals surface area contributed by atoms with Crippen LogP contribution in [-0.4, -0.2) is 18.8 Å². The van der Waals surface area contributed by atoms with E-state index in [-0.39, 0.29) is 0 Å². The van der Waals surface area contributed by atoms with Crippen LogP contribution in [-0.2, 0) is 0 Å². The molecular weight excluding hydrogens is 248 g/mol. The van der Waals surface area contributed by atoms with Crippen molar-refractivity contribution in [2.75, 3.05) is 0 Å². The highest BCUT2D eigenvalue weighted by Gasteiger charge is 2.12. The van der Waals surface area contributed by atoms with Crippen molar-refractivity contribution in [2.24, 2.45) is 0 Å². The van der Waals surface area contributed by atoms with Gasteiger partial charge in [-0.05, 0) is 36.4 Å². The molecule has 0 aliphatic rings. The van der Waals surface area contributed by atoms with Crippen molar-refractivity contribution in [3.8, 4) is 0 Å². The van der Waals surface area contributed by atoms with Crippen LogP contribution < -0.4 is 0 Å². The summed E-state index contributed by atoms with van der Waals surface area (Å²) in [5, 5.41) is 0. The lowest BCUT2D eigenvalue weighted by Crippen LogP contribution is -1.87. The summed E-state index contributed by atoms with van der Waals surface area (Å²) in [6.07, 6.45) is 4.10. The minimum atomic E-state index is 0.959. The van der Waals surface area contributed by atoms with E-state index in [0.717, 1.165) is 33.4 Å². The molecule has 20 heavy (non-hydrogen) atoms. The Morgan fingerprint density at radius 3 is 1.60 bits per heavy atom. The van der Waals surface area contributed by atoms with Gasteiger partial charge < -0.3 is 0 Å². The largest absolute Gasteiger partial charge is 0.298 e. The van der Waals surface area contributed by atoms with Crippen molar-refractivity contribution in [3.05, 3.63) is 60.9 Å². The van der Waals surface area contributed by atoms with Gasteiger partial charge in [-0.25, -0.2) is 9.97 Å². The van der Waals surface area contributed by atoms with Gasteiger partial charge in [0.15, 0.2) is 0 Å². The molecule has 0 saturated carbocycles. The van der Waals surface area contributed by atoms with E-state index in [1.54, 1.807) is 0 Å². The molecule has 0 bridgehead atoms. The molecule has 5 aromatic rings. The molecule has 0 N–H and O–H groups in total. The van der Waals surface area contributed by atoms with Crippen LogP contribution in [0.3, 0.4) is 0 Å². The Labute approximate surface area is 113 Å². The number of benzene rings is 1. The van der Waals surface area contributed by atoms with E-state index in [2.05, 4.69) is 18.8 Å². The van der Waals surface area contributed by atoms with E-state index >= 15 is 0 Å². The van der Waals surface area contributed by atoms with Crippen molar-refractivity contribution in [3.63, 3.8) is 0 Å². The molecule has 4 nitrogen and oxygen atoms in total. The lowest BCUT2D eigenvalue weighted by atomic mass is 10.2. The van der Waals surface area contributed by atoms with Gasteiger partial charge in [-0.3, -0.25) is 8.80 Å². The predicted molar refractivity (Wildman–Crippen MR) is 79.0 cm³/mol. The first kappa shape index (κ1) is 9.97. The number of imidazole rings is 2. The maximum atomic E-state index is 4.67. The average molecular weight is 258 g/mol. The molecule has 0 amide bonds. The highest BCUT2D eigenvalue weighted by molar-refractivity contribution is 6.04. The molecule has 0 aliphatic carbocycles. The second-order valence-corrected chi connectivity index (χ2v) is 4.88. The van der Waals surface area contributed by atoms with Crippen molar-refractivity contribution < 1.29 is 0 Å². The summed E-state index contributed by atoms with van der Waals surface area (Å²) in [5.41, 5.74) is 6.12. The van der Waals surface area contributed by atoms with E-state index in [0.29, 0.717) is 0 Å². The Kier molecular flexibility index (Phi) is 1.68. The molecule has 4 heteroatoms. The minimum absolute atomic E-state index is 0.959. The maximum absolute atomic E-state index is 4.67. The zero-order valence-corrected chi connectivity index (χ0v) is 10.6. The minimum Gasteiger partial charge on any atom is -0.298 e. The van der Waals surface area contributed by atoms with Gasteiger partial charge >= 0.3 is 0 Å². The summed E-state index contributed by atoms with van der Waals surface area (Å²) >= 11 is 0. The fraction of sp³-hybridized carbons (Fsp3) is 0. The van der Waals surface area contributed by atoms with Crippen molar-refractivity contribution >= 4 is 33.4 Å². The van der Waals surface area contributed by atoms with E-state index in [4.69, 9.17) is 0 Å². The highest BCUT2D eigenvalue weighted by atomic mass is 15.1. The third kappa shape index (κ3) is 1.11. The number of hydrogen-bond donors (Lipinski definition) is 0. The van der Waals surface area contributed by atoms with Crippen LogP contribution in [0.5, 0.6) is 0 Å². The molecule has 1 aromatic carbocycles. The van der Waals surface area contributed by atoms with Crippen LogP contribution >= 0.6 is 0 Å². The monoisotopic (exact) mass is 258 g/mol. The first-order chi connectivity index (χ1) is 9.92. The topological polar surface area (TPSA) is 34.6 Å². The Balaban J connectivity index is 2.19. The molecule has 0 unspecified atom stereocenters. The summed E-state index contributed by atoms with van der Waals surface area (Å²) in [6, 6.07) is 16.2. The van der Waals surface area contributed by atoms with Crippen molar-refractivity contribution in [1.82, 2.24) is 18.8 Å². The second kappa shape index (κ2) is 3.36. The van der Waals surface area contributed by atoms with E-state index in [9.17, 15) is 0 Å². The van der Waals surface area contributed by atoms with Crippen LogP contribution in [0.25, 0.3) is 33.4 Å². The van der Waals surface area contributed by atoms with Gasteiger partial charge in [-0.15, -0.1) is 0 Å². The molecule has 94 valence electrons. The van der Waals surface area contributed by atoms with Crippen LogP contribution in [0.1, 0.15) is 0 Å². The molecule has 0 aliphatic heterocycles. The van der Waals surface area contributed by atoms with Crippen LogP contribution in [0.4, 0.5) is 0 Å². The van der Waals surface area contributed by atoms with Gasteiger partial charge in [0.2, 0.25) is 0 Å². The number of hydrogen-bond acceptors (Lipinski definition) is 2. The van der Waals surface area contributed by atoms with Crippen LogP contribution in [0.15, 0.2) is 60.9 Å². The number of nitrogens with zero attached hydrogens (tertiary/aromatic N) is 4. The number of pyridine rings is 2. The quantitative estimate of drug-likeness (QED) is 0.427. The van der Waals surface area contributed by atoms with Gasteiger partial charge in [0.05, 0.1) is 22.1 Å². The van der Waals surface area contributed by atoms with E-state index in [1.165, 1.54) is 0 Å². The zero-order valence-electron chi connectivity index (χ0n) is 10.6. The summed E-state index contributed by atoms with van der Waals surface area (Å²) < 4.78 is 4.25. The lowest BCUT2D eigenvalue weighted by Gasteiger charge is -1.98. The summed E-state index contributed by atoms with van der Waals surface area (Å²) in [5.74, 6) is 0. The first-order valence-electron chi connectivity index (χ1n) is 6.54. The molecule has 0 atom stereocenters. The van der Waals surface area contributed by atoms with Crippen LogP contribution in [0.2, 0.25) is 0 Å². The molecule has 0 fully saturated rings. The number of fused-ring (bicyclic) bond motifs is 7. The average Bonchev–Trinajstić information content (AvgIpc) is 3.04. The molecule has 4 heterocycles. The Hall–Kier alpha value is -2.88. The zero-order chi connectivity index (χ0) is 13.1. The fourth-order valence-corrected chi connectivity index (χ4v) is 2.89. The normalized spacial score (nSPS) is 12.0. The third-order valence-electron chi connectivity index (χ3n) is 3.74. The number of aromatic nitrogens is 4. The Morgan fingerprint density at radius 1 is 0.600 bits per heavy atom.